The number of ether oxygens (including phenoxy) is 1. The van der Waals surface area contributed by atoms with E-state index in [1.807, 2.05) is 44.2 Å². The molecular weight excluding hydrogens is 480 g/mol. The van der Waals surface area contributed by atoms with Gasteiger partial charge in [-0.05, 0) is 66.5 Å². The highest BCUT2D eigenvalue weighted by molar-refractivity contribution is 6.42. The van der Waals surface area contributed by atoms with E-state index in [0.29, 0.717) is 28.8 Å². The number of benzene rings is 2. The Kier molecular flexibility index (Phi) is 6.94. The van der Waals surface area contributed by atoms with Crippen LogP contribution in [0.1, 0.15) is 43.2 Å². The van der Waals surface area contributed by atoms with Crippen molar-refractivity contribution in [3.8, 4) is 11.3 Å². The lowest BCUT2D eigenvalue weighted by Gasteiger charge is -2.17. The molecule has 0 amide bonds. The van der Waals surface area contributed by atoms with Crippen molar-refractivity contribution < 1.29 is 28.0 Å². The Bertz CT molecular complexity index is 1400. The van der Waals surface area contributed by atoms with Gasteiger partial charge in [0.1, 0.15) is 11.9 Å². The van der Waals surface area contributed by atoms with E-state index in [0.717, 1.165) is 21.3 Å². The predicted octanol–water partition coefficient (Wildman–Crippen LogP) is 5.43. The van der Waals surface area contributed by atoms with Crippen LogP contribution >= 0.6 is 0 Å². The van der Waals surface area contributed by atoms with Crippen LogP contribution in [0, 0.1) is 5.82 Å². The molecule has 3 aromatic rings. The molecule has 9 heteroatoms. The first-order chi connectivity index (χ1) is 17.8. The molecular formula is C28H26BF3N2O3. The summed E-state index contributed by atoms with van der Waals surface area (Å²) in [4.78, 5) is 4.66. The van der Waals surface area contributed by atoms with Crippen molar-refractivity contribution in [1.82, 2.24) is 4.48 Å². The molecule has 1 unspecified atom stereocenters. The Morgan fingerprint density at radius 1 is 1.05 bits per heavy atom. The smallest absolute Gasteiger partial charge is 0.394 e. The van der Waals surface area contributed by atoms with Crippen molar-refractivity contribution >= 4 is 18.7 Å². The zero-order chi connectivity index (χ0) is 26.3. The van der Waals surface area contributed by atoms with Crippen molar-refractivity contribution in [3.05, 3.63) is 101 Å². The molecule has 0 radical (unpaired) electrons. The molecule has 2 aliphatic rings. The summed E-state index contributed by atoms with van der Waals surface area (Å²) >= 11 is 0. The molecule has 1 fully saturated rings. The van der Waals surface area contributed by atoms with Crippen LogP contribution in [-0.4, -0.2) is 46.6 Å². The molecule has 2 aliphatic heterocycles. The number of aliphatic imine (C=N–C) groups is 1. The van der Waals surface area contributed by atoms with Gasteiger partial charge in [0.15, 0.2) is 0 Å². The molecule has 1 saturated heterocycles. The maximum atomic E-state index is 14.6. The fourth-order valence-electron chi connectivity index (χ4n) is 5.03. The van der Waals surface area contributed by atoms with E-state index in [2.05, 4.69) is 4.99 Å². The minimum absolute atomic E-state index is 0.267. The van der Waals surface area contributed by atoms with Gasteiger partial charge in [-0.15, -0.1) is 0 Å². The van der Waals surface area contributed by atoms with Gasteiger partial charge in [-0.3, -0.25) is 13.6 Å². The Morgan fingerprint density at radius 3 is 2.32 bits per heavy atom. The Labute approximate surface area is 213 Å². The lowest BCUT2D eigenvalue weighted by atomic mass is 9.94. The van der Waals surface area contributed by atoms with Crippen LogP contribution in [0.15, 0.2) is 83.0 Å². The van der Waals surface area contributed by atoms with Crippen molar-refractivity contribution in [3.63, 3.8) is 0 Å². The predicted molar refractivity (Wildman–Crippen MR) is 138 cm³/mol. The van der Waals surface area contributed by atoms with Gasteiger partial charge in [-0.25, -0.2) is 4.39 Å². The highest BCUT2D eigenvalue weighted by Gasteiger charge is 2.34. The molecule has 190 valence electrons. The van der Waals surface area contributed by atoms with Crippen LogP contribution in [0.2, 0.25) is 0 Å². The average Bonchev–Trinajstić information content (AvgIpc) is 3.57. The number of hydrogen-bond donors (Lipinski definition) is 2. The second-order valence-electron chi connectivity index (χ2n) is 9.33. The van der Waals surface area contributed by atoms with Crippen LogP contribution in [0.4, 0.5) is 13.0 Å². The number of aliphatic hydroxyl groups excluding tert-OH is 2. The number of rotatable bonds is 6. The van der Waals surface area contributed by atoms with Crippen LogP contribution in [-0.2, 0) is 4.74 Å². The van der Waals surface area contributed by atoms with Gasteiger partial charge in [0, 0.05) is 29.1 Å². The topological polar surface area (TPSA) is 67.0 Å². The number of hydrogen-bond acceptors (Lipinski definition) is 4. The molecule has 2 aromatic carbocycles. The van der Waals surface area contributed by atoms with E-state index < -0.39 is 25.4 Å². The minimum atomic E-state index is -2.85. The first-order valence-electron chi connectivity index (χ1n) is 12.1. The van der Waals surface area contributed by atoms with Gasteiger partial charge < -0.3 is 19.4 Å². The second-order valence-corrected chi connectivity index (χ2v) is 9.33. The lowest BCUT2D eigenvalue weighted by molar-refractivity contribution is -0.0225. The quantitative estimate of drug-likeness (QED) is 0.439. The molecule has 0 spiro atoms. The first-order valence-corrected chi connectivity index (χ1v) is 12.1. The van der Waals surface area contributed by atoms with E-state index >= 15 is 0 Å². The highest BCUT2D eigenvalue weighted by atomic mass is 19.2. The number of nitrogens with zero attached hydrogens (tertiary/aromatic N) is 2. The molecule has 2 N–H and O–H groups in total. The van der Waals surface area contributed by atoms with Gasteiger partial charge in [-0.2, -0.15) is 0 Å². The Hall–Kier alpha value is -3.40. The summed E-state index contributed by atoms with van der Waals surface area (Å²) < 4.78 is 49.3. The van der Waals surface area contributed by atoms with Gasteiger partial charge in [0.25, 0.3) is 0 Å². The molecule has 1 aromatic heterocycles. The van der Waals surface area contributed by atoms with Gasteiger partial charge >= 0.3 is 7.40 Å². The molecule has 3 heterocycles. The lowest BCUT2D eigenvalue weighted by Crippen LogP contribution is -2.24. The number of aromatic nitrogens is 1. The van der Waals surface area contributed by atoms with Crippen LogP contribution < -0.4 is 0 Å². The largest absolute Gasteiger partial charge is 0.678 e. The van der Waals surface area contributed by atoms with E-state index in [9.17, 15) is 23.2 Å². The molecule has 0 aliphatic carbocycles. The van der Waals surface area contributed by atoms with Crippen molar-refractivity contribution in [2.75, 3.05) is 6.61 Å². The van der Waals surface area contributed by atoms with E-state index in [1.165, 1.54) is 24.3 Å². The summed E-state index contributed by atoms with van der Waals surface area (Å²) in [6.07, 6.45) is 0.503. The summed E-state index contributed by atoms with van der Waals surface area (Å²) in [5, 5.41) is 19.5. The van der Waals surface area contributed by atoms with Gasteiger partial charge in [0.05, 0.1) is 24.5 Å². The normalized spacial score (nSPS) is 22.7. The minimum Gasteiger partial charge on any atom is -0.394 e. The number of halogens is 3. The molecule has 3 atom stereocenters. The molecule has 5 nitrogen and oxygen atoms in total. The van der Waals surface area contributed by atoms with Crippen LogP contribution in [0.25, 0.3) is 16.8 Å². The second kappa shape index (κ2) is 10.2. The average molecular weight is 506 g/mol. The Morgan fingerprint density at radius 2 is 1.76 bits per heavy atom. The van der Waals surface area contributed by atoms with E-state index in [4.69, 9.17) is 4.74 Å². The standard InChI is InChI=1S/C28H26BF3N2O3/c1-16-13-17(2)33-28(16)27(20-5-3-19(4-6-20)25-14-24(36)26(15-35)37-25)23-12-11-22(34(23)29(31)32)18-7-9-21(30)10-8-18/h3-13,24-26,35-36H,14-15H2,1-2H3/b28-27-/t24-,25?,26+/m0/s1. The molecule has 0 bridgehead atoms. The molecule has 5 rings (SSSR count). The summed E-state index contributed by atoms with van der Waals surface area (Å²) in [5.74, 6) is -0.442. The number of aliphatic hydroxyl groups is 2. The summed E-state index contributed by atoms with van der Waals surface area (Å²) in [6, 6.07) is 16.0. The monoisotopic (exact) mass is 506 g/mol. The fraction of sp³-hybridized carbons (Fsp3) is 0.250. The molecule has 0 saturated carbocycles. The van der Waals surface area contributed by atoms with Crippen LogP contribution in [0.5, 0.6) is 0 Å². The molecule has 37 heavy (non-hydrogen) atoms. The van der Waals surface area contributed by atoms with Gasteiger partial charge in [-0.1, -0.05) is 36.4 Å². The Balaban J connectivity index is 1.62. The van der Waals surface area contributed by atoms with Crippen molar-refractivity contribution in [2.45, 2.75) is 38.6 Å². The van der Waals surface area contributed by atoms with Crippen LogP contribution in [0.3, 0.4) is 0 Å². The third-order valence-electron chi connectivity index (χ3n) is 6.81. The summed E-state index contributed by atoms with van der Waals surface area (Å²) in [7, 11) is -2.85. The maximum absolute atomic E-state index is 14.6. The zero-order valence-corrected chi connectivity index (χ0v) is 20.4. The van der Waals surface area contributed by atoms with Crippen molar-refractivity contribution in [2.24, 2.45) is 4.99 Å². The highest BCUT2D eigenvalue weighted by Crippen LogP contribution is 2.39. The van der Waals surface area contributed by atoms with Gasteiger partial charge in [0.2, 0.25) is 0 Å². The fourth-order valence-corrected chi connectivity index (χ4v) is 5.03. The summed E-state index contributed by atoms with van der Waals surface area (Å²) in [5.41, 5.74) is 5.32. The van der Waals surface area contributed by atoms with Crippen molar-refractivity contribution in [1.29, 1.82) is 0 Å². The number of allylic oxidation sites excluding steroid dienone is 2. The van der Waals surface area contributed by atoms with E-state index in [1.54, 1.807) is 12.1 Å². The third kappa shape index (κ3) is 4.82. The third-order valence-corrected chi connectivity index (χ3v) is 6.81. The SMILES string of the molecule is CC1=CC(C)=N/C1=C(/c1ccc(C2C[C@H](O)[C@@H](CO)O2)cc1)c1ccc(-c2ccc(F)cc2)n1B(F)F. The maximum Gasteiger partial charge on any atom is 0.678 e. The summed E-state index contributed by atoms with van der Waals surface area (Å²) in [6.45, 7) is 3.48. The zero-order valence-electron chi connectivity index (χ0n) is 20.4. The first kappa shape index (κ1) is 25.3. The van der Waals surface area contributed by atoms with E-state index in [-0.39, 0.29) is 24.1 Å².